The number of alkyl halides is 6. The highest BCUT2D eigenvalue weighted by atomic mass is 32.3. The van der Waals surface area contributed by atoms with Gasteiger partial charge in [0.15, 0.2) is 0 Å². The van der Waals surface area contributed by atoms with Crippen LogP contribution in [0.25, 0.3) is 0 Å². The molecule has 21 heavy (non-hydrogen) atoms. The Morgan fingerprint density at radius 3 is 2.14 bits per heavy atom. The van der Waals surface area contributed by atoms with Gasteiger partial charge < -0.3 is 0 Å². The molecule has 0 amide bonds. The van der Waals surface area contributed by atoms with Crippen LogP contribution in [0.15, 0.2) is 29.2 Å². The zero-order valence-corrected chi connectivity index (χ0v) is 11.7. The largest absolute Gasteiger partial charge is 0.523 e. The molecule has 0 saturated carbocycles. The third kappa shape index (κ3) is 2.61. The lowest BCUT2D eigenvalue weighted by Gasteiger charge is -2.36. The number of hydrogen-bond acceptors (Lipinski definition) is 3. The summed E-state index contributed by atoms with van der Waals surface area (Å²) in [7, 11) is -10.9. The minimum absolute atomic E-state index is 0.141. The van der Waals surface area contributed by atoms with Crippen molar-refractivity contribution in [3.8, 4) is 0 Å². The summed E-state index contributed by atoms with van der Waals surface area (Å²) in [5, 5.41) is 0. The van der Waals surface area contributed by atoms with Crippen LogP contribution in [0, 0.1) is 0 Å². The SMILES string of the molecule is O=S(=O)(OS1(C(F)(F)F)CCc2ccccc21)C(F)(F)F. The van der Waals surface area contributed by atoms with Gasteiger partial charge in [0.2, 0.25) is 0 Å². The lowest BCUT2D eigenvalue weighted by atomic mass is 10.2. The van der Waals surface area contributed by atoms with E-state index in [0.717, 1.165) is 6.07 Å². The maximum atomic E-state index is 13.3. The zero-order valence-electron chi connectivity index (χ0n) is 10.0. The predicted octanol–water partition coefficient (Wildman–Crippen LogP) is 3.71. The number of hydrogen-bond donors (Lipinski definition) is 0. The first-order valence-corrected chi connectivity index (χ1v) is 8.52. The fraction of sp³-hybridized carbons (Fsp3) is 0.400. The molecule has 120 valence electrons. The van der Waals surface area contributed by atoms with Crippen LogP contribution in [0.3, 0.4) is 0 Å². The molecule has 0 N–H and O–H groups in total. The van der Waals surface area contributed by atoms with Crippen molar-refractivity contribution in [3.63, 3.8) is 0 Å². The van der Waals surface area contributed by atoms with Gasteiger partial charge in [-0.15, -0.1) is 0 Å². The fourth-order valence-corrected chi connectivity index (χ4v) is 6.44. The third-order valence-corrected chi connectivity index (χ3v) is 7.70. The van der Waals surface area contributed by atoms with E-state index < -0.39 is 42.1 Å². The Hall–Kier alpha value is -0.940. The minimum atomic E-state index is -6.35. The van der Waals surface area contributed by atoms with Crippen molar-refractivity contribution in [2.75, 3.05) is 5.75 Å². The Labute approximate surface area is 117 Å². The lowest BCUT2D eigenvalue weighted by Crippen LogP contribution is -2.32. The van der Waals surface area contributed by atoms with Gasteiger partial charge in [0.05, 0.1) is 0 Å². The second-order valence-corrected chi connectivity index (χ2v) is 8.73. The molecule has 0 aromatic heterocycles. The van der Waals surface area contributed by atoms with Gasteiger partial charge in [-0.25, -0.2) is 3.63 Å². The quantitative estimate of drug-likeness (QED) is 0.601. The third-order valence-electron chi connectivity index (χ3n) is 2.85. The number of halogens is 6. The van der Waals surface area contributed by atoms with Gasteiger partial charge in [0.1, 0.15) is 0 Å². The smallest absolute Gasteiger partial charge is 0.200 e. The second-order valence-electron chi connectivity index (χ2n) is 4.15. The summed E-state index contributed by atoms with van der Waals surface area (Å²) >= 11 is 0. The van der Waals surface area contributed by atoms with Gasteiger partial charge in [0, 0.05) is 21.0 Å². The van der Waals surface area contributed by atoms with Gasteiger partial charge in [0.25, 0.3) is 0 Å². The van der Waals surface area contributed by atoms with E-state index in [9.17, 15) is 34.8 Å². The normalized spacial score (nSPS) is 26.2. The van der Waals surface area contributed by atoms with Crippen molar-refractivity contribution >= 4 is 20.4 Å². The Morgan fingerprint density at radius 1 is 1.05 bits per heavy atom. The van der Waals surface area contributed by atoms with E-state index in [2.05, 4.69) is 3.63 Å². The van der Waals surface area contributed by atoms with Crippen molar-refractivity contribution in [2.45, 2.75) is 22.3 Å². The predicted molar refractivity (Wildman–Crippen MR) is 63.0 cm³/mol. The molecule has 2 rings (SSSR count). The van der Waals surface area contributed by atoms with Gasteiger partial charge in [-0.3, -0.25) is 0 Å². The van der Waals surface area contributed by atoms with E-state index in [0.29, 0.717) is 0 Å². The first kappa shape index (κ1) is 16.4. The van der Waals surface area contributed by atoms with Crippen LogP contribution < -0.4 is 0 Å². The zero-order chi connectivity index (χ0) is 16.1. The highest BCUT2D eigenvalue weighted by Gasteiger charge is 2.62. The molecule has 0 saturated heterocycles. The summed E-state index contributed by atoms with van der Waals surface area (Å²) in [5.41, 5.74) is -11.0. The highest BCUT2D eigenvalue weighted by molar-refractivity contribution is 8.33. The molecular weight excluding hydrogens is 346 g/mol. The number of fused-ring (bicyclic) bond motifs is 1. The Balaban J connectivity index is 2.59. The molecule has 1 atom stereocenters. The van der Waals surface area contributed by atoms with Gasteiger partial charge in [-0.2, -0.15) is 34.8 Å². The Bertz CT molecular complexity index is 651. The standard InChI is InChI=1S/C10H8F6O3S2/c11-9(12,13)20(19-21(17,18)10(14,15)16)6-5-7-3-1-2-4-8(7)20/h1-4H,5-6H2. The number of aryl methyl sites for hydroxylation is 1. The summed E-state index contributed by atoms with van der Waals surface area (Å²) in [6, 6.07) is 4.88. The molecule has 3 nitrogen and oxygen atoms in total. The van der Waals surface area contributed by atoms with Crippen LogP contribution >= 0.6 is 10.3 Å². The average molecular weight is 354 g/mol. The lowest BCUT2D eigenvalue weighted by molar-refractivity contribution is -0.0549. The van der Waals surface area contributed by atoms with E-state index >= 15 is 0 Å². The molecule has 1 aromatic carbocycles. The van der Waals surface area contributed by atoms with Gasteiger partial charge >= 0.3 is 21.1 Å². The monoisotopic (exact) mass is 354 g/mol. The molecule has 1 unspecified atom stereocenters. The summed E-state index contributed by atoms with van der Waals surface area (Å²) in [6.07, 6.45) is -0.196. The van der Waals surface area contributed by atoms with Crippen LogP contribution in [0.2, 0.25) is 0 Å². The van der Waals surface area contributed by atoms with Crippen molar-refractivity contribution in [2.24, 2.45) is 0 Å². The van der Waals surface area contributed by atoms with Crippen LogP contribution in [-0.4, -0.2) is 25.2 Å². The van der Waals surface area contributed by atoms with Crippen molar-refractivity contribution in [1.29, 1.82) is 0 Å². The summed E-state index contributed by atoms with van der Waals surface area (Å²) in [4.78, 5) is -0.523. The molecular formula is C10H8F6O3S2. The van der Waals surface area contributed by atoms with E-state index in [1.807, 2.05) is 0 Å². The molecule has 0 fully saturated rings. The molecule has 0 bridgehead atoms. The molecule has 1 aliphatic rings. The first-order valence-electron chi connectivity index (χ1n) is 5.38. The first-order chi connectivity index (χ1) is 9.41. The van der Waals surface area contributed by atoms with E-state index in [1.165, 1.54) is 18.2 Å². The topological polar surface area (TPSA) is 43.4 Å². The highest BCUT2D eigenvalue weighted by Crippen LogP contribution is 2.73. The maximum Gasteiger partial charge on any atom is 0.523 e. The summed E-state index contributed by atoms with van der Waals surface area (Å²) < 4.78 is 103. The van der Waals surface area contributed by atoms with E-state index in [1.54, 1.807) is 0 Å². The molecule has 1 aromatic rings. The summed E-state index contributed by atoms with van der Waals surface area (Å²) in [6.45, 7) is 0. The van der Waals surface area contributed by atoms with Crippen molar-refractivity contribution in [1.82, 2.24) is 0 Å². The second kappa shape index (κ2) is 4.78. The molecule has 1 aliphatic heterocycles. The number of benzene rings is 1. The van der Waals surface area contributed by atoms with Crippen LogP contribution in [0.4, 0.5) is 26.3 Å². The van der Waals surface area contributed by atoms with Crippen LogP contribution in [-0.2, 0) is 20.2 Å². The van der Waals surface area contributed by atoms with Crippen molar-refractivity contribution in [3.05, 3.63) is 29.8 Å². The minimum Gasteiger partial charge on any atom is -0.200 e. The molecule has 0 spiro atoms. The molecule has 11 heteroatoms. The molecule has 1 heterocycles. The Kier molecular flexibility index (Phi) is 3.74. The van der Waals surface area contributed by atoms with Gasteiger partial charge in [-0.1, -0.05) is 18.2 Å². The molecule has 0 radical (unpaired) electrons. The fourth-order valence-electron chi connectivity index (χ4n) is 1.94. The average Bonchev–Trinajstić information content (AvgIpc) is 2.67. The number of rotatable bonds is 2. The van der Waals surface area contributed by atoms with Crippen LogP contribution in [0.5, 0.6) is 0 Å². The van der Waals surface area contributed by atoms with E-state index in [-0.39, 0.29) is 12.0 Å². The Morgan fingerprint density at radius 2 is 1.62 bits per heavy atom. The van der Waals surface area contributed by atoms with Crippen LogP contribution in [0.1, 0.15) is 5.56 Å². The summed E-state index contributed by atoms with van der Waals surface area (Å²) in [5.74, 6) is -0.842. The van der Waals surface area contributed by atoms with Gasteiger partial charge in [-0.05, 0) is 18.1 Å². The molecule has 0 aliphatic carbocycles. The van der Waals surface area contributed by atoms with Crippen molar-refractivity contribution < 1.29 is 38.4 Å². The maximum absolute atomic E-state index is 13.3. The van der Waals surface area contributed by atoms with E-state index in [4.69, 9.17) is 0 Å².